The third kappa shape index (κ3) is 2.92. The number of nitrogens with two attached hydrogens (primary N) is 1. The van der Waals surface area contributed by atoms with Crippen molar-refractivity contribution in [3.8, 4) is 0 Å². The molecule has 3 N–H and O–H groups in total. The van der Waals surface area contributed by atoms with Crippen molar-refractivity contribution in [3.63, 3.8) is 0 Å². The third-order valence-electron chi connectivity index (χ3n) is 3.53. The van der Waals surface area contributed by atoms with Gasteiger partial charge in [-0.05, 0) is 37.6 Å². The van der Waals surface area contributed by atoms with Crippen LogP contribution in [0.3, 0.4) is 0 Å². The third-order valence-corrected chi connectivity index (χ3v) is 3.78. The van der Waals surface area contributed by atoms with Gasteiger partial charge in [-0.15, -0.1) is 0 Å². The first-order valence-electron chi connectivity index (χ1n) is 5.95. The average Bonchev–Trinajstić information content (AvgIpc) is 2.86. The van der Waals surface area contributed by atoms with Crippen LogP contribution in [0.15, 0.2) is 24.3 Å². The Labute approximate surface area is 107 Å². The van der Waals surface area contributed by atoms with Gasteiger partial charge in [0.25, 0.3) is 0 Å². The van der Waals surface area contributed by atoms with Crippen molar-refractivity contribution in [2.45, 2.75) is 18.9 Å². The monoisotopic (exact) mass is 254 g/mol. The van der Waals surface area contributed by atoms with E-state index in [0.29, 0.717) is 12.5 Å². The molecule has 0 saturated carbocycles. The molecular weight excluding hydrogens is 236 g/mol. The van der Waals surface area contributed by atoms with Crippen molar-refractivity contribution in [2.75, 3.05) is 25.1 Å². The molecule has 2 rings (SSSR count). The number of ether oxygens (including phenoxy) is 1. The Kier molecular flexibility index (Phi) is 3.92. The fourth-order valence-electron chi connectivity index (χ4n) is 2.22. The summed E-state index contributed by atoms with van der Waals surface area (Å²) in [7, 11) is 0. The van der Waals surface area contributed by atoms with Gasteiger partial charge in [0.2, 0.25) is 0 Å². The second-order valence-electron chi connectivity index (χ2n) is 4.81. The maximum Gasteiger partial charge on any atom is 0.0518 e. The molecule has 0 aliphatic carbocycles. The maximum absolute atomic E-state index is 5.92. The summed E-state index contributed by atoms with van der Waals surface area (Å²) in [6.07, 6.45) is 1.06. The molecule has 1 aliphatic rings. The summed E-state index contributed by atoms with van der Waals surface area (Å²) in [4.78, 5) is 0. The lowest BCUT2D eigenvalue weighted by molar-refractivity contribution is 0.172. The lowest BCUT2D eigenvalue weighted by Gasteiger charge is -2.35. The highest BCUT2D eigenvalue weighted by molar-refractivity contribution is 6.30. The summed E-state index contributed by atoms with van der Waals surface area (Å²) in [5.41, 5.74) is 6.85. The van der Waals surface area contributed by atoms with Gasteiger partial charge >= 0.3 is 0 Å². The topological polar surface area (TPSA) is 47.3 Å². The zero-order chi connectivity index (χ0) is 12.3. The number of benzene rings is 1. The van der Waals surface area contributed by atoms with Gasteiger partial charge in [0.05, 0.1) is 12.1 Å². The van der Waals surface area contributed by atoms with Crippen molar-refractivity contribution >= 4 is 17.3 Å². The predicted octanol–water partition coefficient (Wildman–Crippen LogP) is 2.51. The van der Waals surface area contributed by atoms with Crippen LogP contribution in [0.4, 0.5) is 5.69 Å². The van der Waals surface area contributed by atoms with E-state index in [1.54, 1.807) is 0 Å². The first-order chi connectivity index (χ1) is 8.14. The number of halogens is 1. The minimum absolute atomic E-state index is 0.121. The Hall–Kier alpha value is -0.770. The summed E-state index contributed by atoms with van der Waals surface area (Å²) >= 11 is 5.87. The van der Waals surface area contributed by atoms with Gasteiger partial charge in [0, 0.05) is 29.8 Å². The second kappa shape index (κ2) is 5.25. The van der Waals surface area contributed by atoms with Gasteiger partial charge in [-0.1, -0.05) is 11.6 Å². The zero-order valence-electron chi connectivity index (χ0n) is 10.1. The van der Waals surface area contributed by atoms with Crippen LogP contribution >= 0.6 is 11.6 Å². The molecule has 1 aromatic rings. The molecule has 4 heteroatoms. The van der Waals surface area contributed by atoms with E-state index in [-0.39, 0.29) is 5.54 Å². The molecule has 94 valence electrons. The molecular formula is C13H19ClN2O. The normalized spacial score (nSPS) is 23.4. The molecule has 2 atom stereocenters. The van der Waals surface area contributed by atoms with Gasteiger partial charge in [0.1, 0.15) is 0 Å². The van der Waals surface area contributed by atoms with Crippen molar-refractivity contribution in [1.29, 1.82) is 0 Å². The summed E-state index contributed by atoms with van der Waals surface area (Å²) in [6, 6.07) is 7.72. The fraction of sp³-hybridized carbons (Fsp3) is 0.538. The summed E-state index contributed by atoms with van der Waals surface area (Å²) < 4.78 is 5.45. The van der Waals surface area contributed by atoms with Gasteiger partial charge in [-0.3, -0.25) is 0 Å². The van der Waals surface area contributed by atoms with Gasteiger partial charge in [0.15, 0.2) is 0 Å². The van der Waals surface area contributed by atoms with E-state index in [9.17, 15) is 0 Å². The first kappa shape index (κ1) is 12.7. The van der Waals surface area contributed by atoms with E-state index in [4.69, 9.17) is 22.1 Å². The van der Waals surface area contributed by atoms with Gasteiger partial charge in [-0.25, -0.2) is 0 Å². The molecule has 0 bridgehead atoms. The fourth-order valence-corrected chi connectivity index (χ4v) is 2.35. The van der Waals surface area contributed by atoms with Crippen molar-refractivity contribution in [2.24, 2.45) is 11.7 Å². The standard InChI is InChI=1S/C13H19ClN2O/c1-13(9-15,10-6-7-17-8-10)16-12-4-2-11(14)3-5-12/h2-5,10,16H,6-9,15H2,1H3. The molecule has 17 heavy (non-hydrogen) atoms. The molecule has 0 aromatic heterocycles. The van der Waals surface area contributed by atoms with Gasteiger partial charge in [-0.2, -0.15) is 0 Å². The highest BCUT2D eigenvalue weighted by Crippen LogP contribution is 2.29. The Morgan fingerprint density at radius 3 is 2.71 bits per heavy atom. The molecule has 1 heterocycles. The van der Waals surface area contributed by atoms with E-state index >= 15 is 0 Å². The minimum atomic E-state index is -0.121. The lowest BCUT2D eigenvalue weighted by atomic mass is 9.84. The van der Waals surface area contributed by atoms with Crippen molar-refractivity contribution in [3.05, 3.63) is 29.3 Å². The number of anilines is 1. The molecule has 1 aliphatic heterocycles. The highest BCUT2D eigenvalue weighted by Gasteiger charge is 2.35. The number of hydrogen-bond donors (Lipinski definition) is 2. The van der Waals surface area contributed by atoms with Crippen LogP contribution in [0.1, 0.15) is 13.3 Å². The first-order valence-corrected chi connectivity index (χ1v) is 6.33. The van der Waals surface area contributed by atoms with Crippen molar-refractivity contribution in [1.82, 2.24) is 0 Å². The lowest BCUT2D eigenvalue weighted by Crippen LogP contribution is -2.49. The van der Waals surface area contributed by atoms with Crippen LogP contribution < -0.4 is 11.1 Å². The second-order valence-corrected chi connectivity index (χ2v) is 5.25. The molecule has 0 amide bonds. The highest BCUT2D eigenvalue weighted by atomic mass is 35.5. The van der Waals surface area contributed by atoms with Crippen molar-refractivity contribution < 1.29 is 4.74 Å². The van der Waals surface area contributed by atoms with Crippen LogP contribution in [-0.2, 0) is 4.74 Å². The van der Waals surface area contributed by atoms with Crippen LogP contribution in [0.2, 0.25) is 5.02 Å². The van der Waals surface area contributed by atoms with E-state index in [1.165, 1.54) is 0 Å². The molecule has 0 spiro atoms. The quantitative estimate of drug-likeness (QED) is 0.868. The molecule has 1 saturated heterocycles. The average molecular weight is 255 g/mol. The van der Waals surface area contributed by atoms with Crippen LogP contribution in [-0.4, -0.2) is 25.3 Å². The molecule has 0 radical (unpaired) electrons. The Morgan fingerprint density at radius 1 is 1.47 bits per heavy atom. The van der Waals surface area contributed by atoms with E-state index < -0.39 is 0 Å². The summed E-state index contributed by atoms with van der Waals surface area (Å²) in [6.45, 7) is 4.36. The maximum atomic E-state index is 5.92. The van der Waals surface area contributed by atoms with Crippen LogP contribution in [0.5, 0.6) is 0 Å². The number of hydrogen-bond acceptors (Lipinski definition) is 3. The van der Waals surface area contributed by atoms with E-state index in [2.05, 4.69) is 12.2 Å². The number of rotatable bonds is 4. The van der Waals surface area contributed by atoms with Crippen LogP contribution in [0.25, 0.3) is 0 Å². The SMILES string of the molecule is CC(CN)(Nc1ccc(Cl)cc1)C1CCOC1. The predicted molar refractivity (Wildman–Crippen MR) is 71.5 cm³/mol. The van der Waals surface area contributed by atoms with E-state index in [1.807, 2.05) is 24.3 Å². The molecule has 1 fully saturated rings. The molecule has 1 aromatic carbocycles. The smallest absolute Gasteiger partial charge is 0.0518 e. The Morgan fingerprint density at radius 2 is 2.18 bits per heavy atom. The minimum Gasteiger partial charge on any atom is -0.381 e. The molecule has 3 nitrogen and oxygen atoms in total. The van der Waals surface area contributed by atoms with Crippen LogP contribution in [0, 0.1) is 5.92 Å². The number of nitrogens with one attached hydrogen (secondary N) is 1. The largest absolute Gasteiger partial charge is 0.381 e. The van der Waals surface area contributed by atoms with E-state index in [0.717, 1.165) is 30.3 Å². The Balaban J connectivity index is 2.10. The molecule has 2 unspecified atom stereocenters. The summed E-state index contributed by atoms with van der Waals surface area (Å²) in [5.74, 6) is 0.461. The summed E-state index contributed by atoms with van der Waals surface area (Å²) in [5, 5.41) is 4.26. The van der Waals surface area contributed by atoms with Gasteiger partial charge < -0.3 is 15.8 Å². The Bertz CT molecular complexity index is 362. The zero-order valence-corrected chi connectivity index (χ0v) is 10.8.